The van der Waals surface area contributed by atoms with Crippen LogP contribution in [0.4, 0.5) is 11.6 Å². The van der Waals surface area contributed by atoms with Gasteiger partial charge in [-0.25, -0.2) is 5.10 Å². The third-order valence-corrected chi connectivity index (χ3v) is 5.35. The zero-order chi connectivity index (χ0) is 19.3. The maximum atomic E-state index is 12.6. The van der Waals surface area contributed by atoms with Crippen LogP contribution in [0.15, 0.2) is 57.8 Å². The van der Waals surface area contributed by atoms with Gasteiger partial charge in [0.1, 0.15) is 11.7 Å². The number of aromatic amines is 1. The highest BCUT2D eigenvalue weighted by Crippen LogP contribution is 2.41. The zero-order valence-electron chi connectivity index (χ0n) is 14.1. The van der Waals surface area contributed by atoms with Crippen molar-refractivity contribution in [2.75, 3.05) is 5.32 Å². The summed E-state index contributed by atoms with van der Waals surface area (Å²) in [5.41, 5.74) is 3.09. The number of aromatic nitrogens is 6. The summed E-state index contributed by atoms with van der Waals surface area (Å²) in [5.74, 6) is 0.380. The van der Waals surface area contributed by atoms with Crippen molar-refractivity contribution in [2.24, 2.45) is 0 Å². The molecule has 0 spiro atoms. The quantitative estimate of drug-likeness (QED) is 0.421. The highest BCUT2D eigenvalue weighted by atomic mass is 79.9. The molecule has 0 saturated heterocycles. The zero-order valence-corrected chi connectivity index (χ0v) is 16.4. The molecule has 0 amide bonds. The number of tetrazole rings is 1. The van der Waals surface area contributed by atoms with Crippen molar-refractivity contribution < 1.29 is 0 Å². The Labute approximate surface area is 171 Å². The molecule has 138 valence electrons. The first-order chi connectivity index (χ1) is 13.6. The second kappa shape index (κ2) is 6.54. The number of H-pyrrole nitrogens is 1. The Morgan fingerprint density at radius 1 is 1.07 bits per heavy atom. The van der Waals surface area contributed by atoms with E-state index in [1.54, 1.807) is 16.8 Å². The van der Waals surface area contributed by atoms with Crippen LogP contribution in [0.1, 0.15) is 17.2 Å². The van der Waals surface area contributed by atoms with E-state index in [-0.39, 0.29) is 5.56 Å². The Morgan fingerprint density at radius 3 is 2.57 bits per heavy atom. The predicted octanol–water partition coefficient (Wildman–Crippen LogP) is 3.53. The summed E-state index contributed by atoms with van der Waals surface area (Å²) in [6.45, 7) is 0. The van der Waals surface area contributed by atoms with Crippen molar-refractivity contribution in [2.45, 2.75) is 6.04 Å². The molecule has 8 nitrogen and oxygen atoms in total. The largest absolute Gasteiger partial charge is 0.318 e. The van der Waals surface area contributed by atoms with Crippen molar-refractivity contribution in [3.05, 3.63) is 79.5 Å². The van der Waals surface area contributed by atoms with Gasteiger partial charge >= 0.3 is 0 Å². The lowest BCUT2D eigenvalue weighted by atomic mass is 9.92. The van der Waals surface area contributed by atoms with Gasteiger partial charge in [-0.05, 0) is 40.3 Å². The van der Waals surface area contributed by atoms with Gasteiger partial charge in [-0.15, -0.1) is 0 Å². The molecule has 0 saturated carbocycles. The molecule has 10 heteroatoms. The lowest BCUT2D eigenvalue weighted by molar-refractivity contribution is 0.567. The maximum absolute atomic E-state index is 12.6. The van der Waals surface area contributed by atoms with Crippen LogP contribution in [0, 0.1) is 0 Å². The molecule has 0 aliphatic carbocycles. The Balaban J connectivity index is 1.81. The average molecular weight is 457 g/mol. The Bertz CT molecular complexity index is 1230. The maximum Gasteiger partial charge on any atom is 0.288 e. The monoisotopic (exact) mass is 455 g/mol. The minimum atomic E-state index is -0.438. The fraction of sp³-hybridized carbons (Fsp3) is 0.0556. The van der Waals surface area contributed by atoms with E-state index in [1.807, 2.05) is 36.4 Å². The number of halogens is 2. The van der Waals surface area contributed by atoms with E-state index in [1.165, 1.54) is 0 Å². The minimum absolute atomic E-state index is 0.343. The molecule has 1 aliphatic rings. The molecular weight excluding hydrogens is 446 g/mol. The molecule has 5 rings (SSSR count). The summed E-state index contributed by atoms with van der Waals surface area (Å²) in [5, 5.41) is 22.4. The molecular formula is C18H11BrClN7O. The van der Waals surface area contributed by atoms with E-state index in [0.717, 1.165) is 15.6 Å². The van der Waals surface area contributed by atoms with Gasteiger partial charge in [0.25, 0.3) is 5.56 Å². The van der Waals surface area contributed by atoms with E-state index in [4.69, 9.17) is 11.6 Å². The third-order valence-electron chi connectivity index (χ3n) is 4.57. The number of hydrogen-bond donors (Lipinski definition) is 2. The number of fused-ring (bicyclic) bond motifs is 2. The van der Waals surface area contributed by atoms with Crippen LogP contribution in [0.2, 0.25) is 5.02 Å². The second-order valence-corrected chi connectivity index (χ2v) is 7.58. The van der Waals surface area contributed by atoms with Crippen LogP contribution < -0.4 is 10.9 Å². The van der Waals surface area contributed by atoms with E-state index in [2.05, 4.69) is 47.0 Å². The lowest BCUT2D eigenvalue weighted by Gasteiger charge is -2.27. The van der Waals surface area contributed by atoms with Crippen molar-refractivity contribution in [3.63, 3.8) is 0 Å². The number of anilines is 2. The molecule has 0 fully saturated rings. The summed E-state index contributed by atoms with van der Waals surface area (Å²) >= 11 is 9.51. The van der Waals surface area contributed by atoms with E-state index < -0.39 is 6.04 Å². The second-order valence-electron chi connectivity index (χ2n) is 6.22. The van der Waals surface area contributed by atoms with Crippen LogP contribution in [-0.2, 0) is 0 Å². The standard InChI is InChI=1S/C18H11BrClN7O/c19-11-5-1-9(2-6-11)14-13-15(17(28)23-22-14)21-18-24-25-26-27(18)16(13)10-3-7-12(20)8-4-10/h1-8,16H,(H,23,28)(H,21,24,26)/t16-/m0/s1. The molecule has 0 bridgehead atoms. The third kappa shape index (κ3) is 2.71. The van der Waals surface area contributed by atoms with Gasteiger partial charge in [-0.3, -0.25) is 4.79 Å². The summed E-state index contributed by atoms with van der Waals surface area (Å²) in [7, 11) is 0. The highest BCUT2D eigenvalue weighted by Gasteiger charge is 2.34. The van der Waals surface area contributed by atoms with Gasteiger partial charge < -0.3 is 5.32 Å². The van der Waals surface area contributed by atoms with Gasteiger partial charge in [0.15, 0.2) is 0 Å². The summed E-state index contributed by atoms with van der Waals surface area (Å²) < 4.78 is 2.58. The predicted molar refractivity (Wildman–Crippen MR) is 108 cm³/mol. The number of hydrogen-bond acceptors (Lipinski definition) is 6. The molecule has 1 atom stereocenters. The van der Waals surface area contributed by atoms with E-state index in [9.17, 15) is 4.79 Å². The van der Waals surface area contributed by atoms with Gasteiger partial charge in [0.05, 0.1) is 5.69 Å². The molecule has 28 heavy (non-hydrogen) atoms. The Kier molecular flexibility index (Phi) is 3.99. The average Bonchev–Trinajstić information content (AvgIpc) is 3.17. The van der Waals surface area contributed by atoms with E-state index >= 15 is 0 Å². The first kappa shape index (κ1) is 17.1. The molecule has 4 aromatic rings. The molecule has 0 unspecified atom stereocenters. The normalized spacial score (nSPS) is 14.9. The minimum Gasteiger partial charge on any atom is -0.318 e. The first-order valence-corrected chi connectivity index (χ1v) is 9.48. The van der Waals surface area contributed by atoms with Crippen molar-refractivity contribution >= 4 is 39.2 Å². The number of nitrogens with one attached hydrogen (secondary N) is 2. The van der Waals surface area contributed by atoms with Crippen LogP contribution in [0.5, 0.6) is 0 Å². The van der Waals surface area contributed by atoms with Crippen LogP contribution >= 0.6 is 27.5 Å². The molecule has 2 N–H and O–H groups in total. The molecule has 3 heterocycles. The summed E-state index contributed by atoms with van der Waals surface area (Å²) in [6, 6.07) is 14.6. The van der Waals surface area contributed by atoms with Gasteiger partial charge in [0, 0.05) is 20.6 Å². The Hall–Kier alpha value is -3.04. The first-order valence-electron chi connectivity index (χ1n) is 8.30. The van der Waals surface area contributed by atoms with Gasteiger partial charge in [-0.2, -0.15) is 9.78 Å². The summed E-state index contributed by atoms with van der Waals surface area (Å²) in [4.78, 5) is 12.6. The molecule has 0 radical (unpaired) electrons. The smallest absolute Gasteiger partial charge is 0.288 e. The van der Waals surface area contributed by atoms with Crippen molar-refractivity contribution in [1.29, 1.82) is 0 Å². The number of nitrogens with zero attached hydrogens (tertiary/aromatic N) is 5. The number of benzene rings is 2. The Morgan fingerprint density at radius 2 is 1.82 bits per heavy atom. The lowest BCUT2D eigenvalue weighted by Crippen LogP contribution is -2.29. The van der Waals surface area contributed by atoms with Crippen LogP contribution in [0.25, 0.3) is 11.3 Å². The fourth-order valence-corrected chi connectivity index (χ4v) is 3.71. The van der Waals surface area contributed by atoms with Crippen molar-refractivity contribution in [1.82, 2.24) is 30.4 Å². The molecule has 2 aromatic heterocycles. The molecule has 2 aromatic carbocycles. The number of rotatable bonds is 2. The topological polar surface area (TPSA) is 101 Å². The van der Waals surface area contributed by atoms with Crippen LogP contribution in [-0.4, -0.2) is 30.4 Å². The van der Waals surface area contributed by atoms with Crippen LogP contribution in [0.3, 0.4) is 0 Å². The fourth-order valence-electron chi connectivity index (χ4n) is 3.32. The van der Waals surface area contributed by atoms with Gasteiger partial charge in [0.2, 0.25) is 5.95 Å². The van der Waals surface area contributed by atoms with Crippen molar-refractivity contribution in [3.8, 4) is 11.3 Å². The molecule has 1 aliphatic heterocycles. The van der Waals surface area contributed by atoms with Gasteiger partial charge in [-0.1, -0.05) is 56.9 Å². The SMILES string of the molecule is O=c1[nH]nc(-c2ccc(Br)cc2)c2c1Nc1nnnn1[C@H]2c1ccc(Cl)cc1. The summed E-state index contributed by atoms with van der Waals surface area (Å²) in [6.07, 6.45) is 0. The highest BCUT2D eigenvalue weighted by molar-refractivity contribution is 9.10. The van der Waals surface area contributed by atoms with E-state index in [0.29, 0.717) is 27.9 Å².